The molecule has 0 radical (unpaired) electrons. The molecule has 16 heavy (non-hydrogen) atoms. The first-order chi connectivity index (χ1) is 7.24. The first-order valence-electron chi connectivity index (χ1n) is 4.54. The van der Waals surface area contributed by atoms with Crippen LogP contribution >= 0.6 is 0 Å². The third kappa shape index (κ3) is 8.25. The topological polar surface area (TPSA) is 60.8 Å². The lowest BCUT2D eigenvalue weighted by Crippen LogP contribution is -2.37. The Kier molecular flexibility index (Phi) is 6.05. The molecule has 0 heterocycles. The van der Waals surface area contributed by atoms with Crippen molar-refractivity contribution < 1.29 is 28.2 Å². The maximum Gasteiger partial charge on any atom is 0.401 e. The number of halogens is 3. The van der Waals surface area contributed by atoms with E-state index >= 15 is 0 Å². The normalized spacial score (nSPS) is 13.2. The van der Waals surface area contributed by atoms with Gasteiger partial charge in [0.25, 0.3) is 0 Å². The molecule has 94 valence electrons. The van der Waals surface area contributed by atoms with Gasteiger partial charge in [-0.05, 0) is 6.92 Å². The third-order valence-corrected chi connectivity index (χ3v) is 1.66. The van der Waals surface area contributed by atoms with Crippen molar-refractivity contribution in [2.75, 3.05) is 26.2 Å². The Bertz CT molecular complexity index is 263. The maximum atomic E-state index is 12.1. The lowest BCUT2D eigenvalue weighted by Gasteiger charge is -2.22. The predicted octanol–water partition coefficient (Wildman–Crippen LogP) is 0.874. The molecule has 7 heteroatoms. The number of carbonyl (C=O) groups is 1. The van der Waals surface area contributed by atoms with E-state index in [0.29, 0.717) is 5.57 Å². The van der Waals surface area contributed by atoms with Crippen LogP contribution in [0.5, 0.6) is 0 Å². The fraction of sp³-hybridized carbons (Fsp3) is 0.667. The molecular weight excluding hydrogens is 227 g/mol. The molecule has 0 atom stereocenters. The highest BCUT2D eigenvalue weighted by molar-refractivity contribution is 5.80. The van der Waals surface area contributed by atoms with Crippen LogP contribution in [0.15, 0.2) is 11.6 Å². The van der Waals surface area contributed by atoms with E-state index in [0.717, 1.165) is 11.0 Å². The Balaban J connectivity index is 4.39. The number of nitrogens with zero attached hydrogens (tertiary/aromatic N) is 1. The summed E-state index contributed by atoms with van der Waals surface area (Å²) in [6, 6.07) is 0. The second-order valence-electron chi connectivity index (χ2n) is 3.38. The molecule has 0 aliphatic carbocycles. The second kappa shape index (κ2) is 6.49. The molecule has 0 aliphatic rings. The van der Waals surface area contributed by atoms with E-state index in [9.17, 15) is 18.0 Å². The van der Waals surface area contributed by atoms with Gasteiger partial charge in [0.05, 0.1) is 13.2 Å². The molecule has 0 amide bonds. The lowest BCUT2D eigenvalue weighted by molar-refractivity contribution is -0.145. The van der Waals surface area contributed by atoms with Crippen LogP contribution in [0.25, 0.3) is 0 Å². The van der Waals surface area contributed by atoms with Crippen LogP contribution in [-0.2, 0) is 4.79 Å². The molecule has 0 bridgehead atoms. The first-order valence-corrected chi connectivity index (χ1v) is 4.54. The highest BCUT2D eigenvalue weighted by Gasteiger charge is 2.30. The summed E-state index contributed by atoms with van der Waals surface area (Å²) in [7, 11) is 0. The number of carboxylic acids is 1. The fourth-order valence-electron chi connectivity index (χ4n) is 1.22. The third-order valence-electron chi connectivity index (χ3n) is 1.66. The van der Waals surface area contributed by atoms with Gasteiger partial charge < -0.3 is 10.2 Å². The Morgan fingerprint density at radius 3 is 2.38 bits per heavy atom. The molecule has 0 unspecified atom stereocenters. The summed E-state index contributed by atoms with van der Waals surface area (Å²) >= 11 is 0. The minimum Gasteiger partial charge on any atom is -0.478 e. The molecule has 0 aromatic carbocycles. The molecular formula is C9H14F3NO3. The highest BCUT2D eigenvalue weighted by Crippen LogP contribution is 2.16. The second-order valence-corrected chi connectivity index (χ2v) is 3.38. The van der Waals surface area contributed by atoms with Gasteiger partial charge in [0.1, 0.15) is 0 Å². The van der Waals surface area contributed by atoms with E-state index in [1.54, 1.807) is 0 Å². The van der Waals surface area contributed by atoms with Crippen LogP contribution in [0.4, 0.5) is 13.2 Å². The smallest absolute Gasteiger partial charge is 0.401 e. The summed E-state index contributed by atoms with van der Waals surface area (Å²) in [5.41, 5.74) is 0.296. The van der Waals surface area contributed by atoms with Crippen molar-refractivity contribution in [1.82, 2.24) is 4.90 Å². The van der Waals surface area contributed by atoms with Crippen LogP contribution in [0.1, 0.15) is 6.92 Å². The number of hydrogen-bond acceptors (Lipinski definition) is 3. The number of hydrogen-bond donors (Lipinski definition) is 2. The Hall–Kier alpha value is -1.08. The fourth-order valence-corrected chi connectivity index (χ4v) is 1.22. The number of rotatable bonds is 6. The van der Waals surface area contributed by atoms with Gasteiger partial charge in [-0.3, -0.25) is 4.90 Å². The zero-order valence-corrected chi connectivity index (χ0v) is 8.79. The molecule has 0 rings (SSSR count). The van der Waals surface area contributed by atoms with Gasteiger partial charge in [-0.2, -0.15) is 13.2 Å². The molecule has 0 aliphatic heterocycles. The average Bonchev–Trinajstić information content (AvgIpc) is 1.98. The molecule has 0 fully saturated rings. The zero-order chi connectivity index (χ0) is 12.8. The Labute approximate surface area is 91.0 Å². The van der Waals surface area contributed by atoms with E-state index in [2.05, 4.69) is 0 Å². The van der Waals surface area contributed by atoms with Crippen LogP contribution in [0.3, 0.4) is 0 Å². The highest BCUT2D eigenvalue weighted by atomic mass is 19.4. The van der Waals surface area contributed by atoms with Gasteiger partial charge in [-0.15, -0.1) is 0 Å². The molecule has 0 spiro atoms. The largest absolute Gasteiger partial charge is 0.478 e. The molecule has 0 aromatic rings. The first kappa shape index (κ1) is 14.9. The van der Waals surface area contributed by atoms with E-state index in [-0.39, 0.29) is 13.1 Å². The molecule has 0 aromatic heterocycles. The van der Waals surface area contributed by atoms with Crippen LogP contribution in [0, 0.1) is 0 Å². The van der Waals surface area contributed by atoms with Gasteiger partial charge in [0.2, 0.25) is 0 Å². The monoisotopic (exact) mass is 241 g/mol. The van der Waals surface area contributed by atoms with E-state index < -0.39 is 25.3 Å². The summed E-state index contributed by atoms with van der Waals surface area (Å²) in [6.07, 6.45) is -3.51. The predicted molar refractivity (Wildman–Crippen MR) is 51.0 cm³/mol. The summed E-state index contributed by atoms with van der Waals surface area (Å²) < 4.78 is 36.2. The van der Waals surface area contributed by atoms with Crippen LogP contribution in [0.2, 0.25) is 0 Å². The van der Waals surface area contributed by atoms with E-state index in [4.69, 9.17) is 10.2 Å². The maximum absolute atomic E-state index is 12.1. The van der Waals surface area contributed by atoms with E-state index in [1.165, 1.54) is 6.92 Å². The molecule has 0 saturated carbocycles. The van der Waals surface area contributed by atoms with Crippen molar-refractivity contribution in [2.45, 2.75) is 13.1 Å². The molecule has 4 nitrogen and oxygen atoms in total. The minimum atomic E-state index is -4.36. The van der Waals surface area contributed by atoms with Gasteiger partial charge >= 0.3 is 12.1 Å². The van der Waals surface area contributed by atoms with Crippen LogP contribution < -0.4 is 0 Å². The summed E-state index contributed by atoms with van der Waals surface area (Å²) in [5.74, 6) is -1.20. The summed E-state index contributed by atoms with van der Waals surface area (Å²) in [6.45, 7) is -0.430. The van der Waals surface area contributed by atoms with Gasteiger partial charge in [0, 0.05) is 19.2 Å². The summed E-state index contributed by atoms with van der Waals surface area (Å²) in [4.78, 5) is 11.2. The van der Waals surface area contributed by atoms with Crippen molar-refractivity contribution >= 4 is 5.97 Å². The summed E-state index contributed by atoms with van der Waals surface area (Å²) in [5, 5.41) is 17.0. The number of aliphatic hydroxyl groups is 1. The van der Waals surface area contributed by atoms with E-state index in [1.807, 2.05) is 0 Å². The molecule has 2 N–H and O–H groups in total. The van der Waals surface area contributed by atoms with Crippen molar-refractivity contribution in [3.63, 3.8) is 0 Å². The number of alkyl halides is 3. The minimum absolute atomic E-state index is 0.133. The number of carboxylic acid groups (broad SMARTS) is 1. The van der Waals surface area contributed by atoms with Gasteiger partial charge in [-0.25, -0.2) is 4.79 Å². The van der Waals surface area contributed by atoms with Crippen LogP contribution in [-0.4, -0.2) is 53.5 Å². The number of aliphatic carboxylic acids is 1. The standard InChI is InChI=1S/C9H14F3NO3/c1-7(4-8(15)16)5-13(2-3-14)6-9(10,11)12/h4,14H,2-3,5-6H2,1H3,(H,15,16). The lowest BCUT2D eigenvalue weighted by atomic mass is 10.2. The van der Waals surface area contributed by atoms with Gasteiger partial charge in [0.15, 0.2) is 0 Å². The number of aliphatic hydroxyl groups excluding tert-OH is 1. The van der Waals surface area contributed by atoms with Crippen molar-refractivity contribution in [3.05, 3.63) is 11.6 Å². The van der Waals surface area contributed by atoms with Crippen molar-refractivity contribution in [3.8, 4) is 0 Å². The SMILES string of the molecule is CC(=CC(=O)O)CN(CCO)CC(F)(F)F. The Morgan fingerprint density at radius 1 is 1.44 bits per heavy atom. The van der Waals surface area contributed by atoms with Crippen molar-refractivity contribution in [1.29, 1.82) is 0 Å². The zero-order valence-electron chi connectivity index (χ0n) is 8.79. The quantitative estimate of drug-likeness (QED) is 0.677. The Morgan fingerprint density at radius 2 is 2.00 bits per heavy atom. The van der Waals surface area contributed by atoms with Gasteiger partial charge in [-0.1, -0.05) is 5.57 Å². The average molecular weight is 241 g/mol. The molecule has 0 saturated heterocycles. The van der Waals surface area contributed by atoms with Crippen molar-refractivity contribution in [2.24, 2.45) is 0 Å².